The Bertz CT molecular complexity index is 540. The fraction of sp³-hybridized carbons (Fsp3) is 0.154. The molecule has 0 fully saturated rings. The Balaban J connectivity index is 2.63. The molecular weight excluding hydrogens is 202 g/mol. The molecule has 0 radical (unpaired) electrons. The summed E-state index contributed by atoms with van der Waals surface area (Å²) >= 11 is 5.16. The van der Waals surface area contributed by atoms with Crippen molar-refractivity contribution >= 4 is 12.2 Å². The number of aryl methyl sites for hydroxylation is 2. The van der Waals surface area contributed by atoms with E-state index >= 15 is 0 Å². The van der Waals surface area contributed by atoms with E-state index in [1.54, 1.807) is 0 Å². The number of rotatable bonds is 1. The number of aromatic amines is 1. The van der Waals surface area contributed by atoms with Crippen molar-refractivity contribution < 1.29 is 0 Å². The molecule has 2 heteroatoms. The smallest absolute Gasteiger partial charge is 0.0470 e. The average molecular weight is 215 g/mol. The third-order valence-corrected chi connectivity index (χ3v) is 2.71. The molecule has 0 atom stereocenters. The van der Waals surface area contributed by atoms with Crippen molar-refractivity contribution in [2.24, 2.45) is 0 Å². The summed E-state index contributed by atoms with van der Waals surface area (Å²) in [6.07, 6.45) is 1.89. The van der Waals surface area contributed by atoms with Crippen molar-refractivity contribution in [2.45, 2.75) is 13.8 Å². The summed E-state index contributed by atoms with van der Waals surface area (Å²) in [4.78, 5) is 3.23. The van der Waals surface area contributed by atoms with Crippen LogP contribution in [-0.4, -0.2) is 4.98 Å². The van der Waals surface area contributed by atoms with Crippen LogP contribution in [0, 0.1) is 18.4 Å². The van der Waals surface area contributed by atoms with E-state index in [2.05, 4.69) is 37.0 Å². The van der Waals surface area contributed by atoms with E-state index in [0.29, 0.717) is 0 Å². The maximum absolute atomic E-state index is 5.16. The molecule has 1 aromatic heterocycles. The standard InChI is InChI=1S/C13H13NS/c1-9-3-4-10(2)12(7-9)13-8-11(15)5-6-14-13/h3-8H,1-2H3,(H,14,15). The van der Waals surface area contributed by atoms with E-state index in [-0.39, 0.29) is 0 Å². The molecule has 1 heterocycles. The average Bonchev–Trinajstić information content (AvgIpc) is 2.22. The van der Waals surface area contributed by atoms with Crippen LogP contribution in [0.3, 0.4) is 0 Å². The molecule has 1 aromatic carbocycles. The molecule has 1 nitrogen and oxygen atoms in total. The Morgan fingerprint density at radius 2 is 1.87 bits per heavy atom. The summed E-state index contributed by atoms with van der Waals surface area (Å²) in [7, 11) is 0. The largest absolute Gasteiger partial charge is 0.361 e. The van der Waals surface area contributed by atoms with Gasteiger partial charge in [-0.2, -0.15) is 0 Å². The topological polar surface area (TPSA) is 15.8 Å². The maximum atomic E-state index is 5.16. The zero-order valence-electron chi connectivity index (χ0n) is 8.87. The maximum Gasteiger partial charge on any atom is 0.0470 e. The number of hydrogen-bond acceptors (Lipinski definition) is 1. The number of nitrogens with one attached hydrogen (secondary N) is 1. The number of H-pyrrole nitrogens is 1. The van der Waals surface area contributed by atoms with Crippen molar-refractivity contribution in [1.29, 1.82) is 0 Å². The Hall–Kier alpha value is -1.41. The Labute approximate surface area is 94.8 Å². The summed E-state index contributed by atoms with van der Waals surface area (Å²) in [6.45, 7) is 4.21. The van der Waals surface area contributed by atoms with Gasteiger partial charge < -0.3 is 4.98 Å². The van der Waals surface area contributed by atoms with E-state index < -0.39 is 0 Å². The van der Waals surface area contributed by atoms with Crippen LogP contribution in [0.2, 0.25) is 0 Å². The lowest BCUT2D eigenvalue weighted by atomic mass is 10.0. The first kappa shape index (κ1) is 10.1. The van der Waals surface area contributed by atoms with E-state index in [9.17, 15) is 0 Å². The molecule has 0 amide bonds. The molecule has 1 N–H and O–H groups in total. The van der Waals surface area contributed by atoms with Crippen LogP contribution in [0.25, 0.3) is 11.3 Å². The second-order valence-corrected chi connectivity index (χ2v) is 4.23. The van der Waals surface area contributed by atoms with Gasteiger partial charge in [0.2, 0.25) is 0 Å². The molecule has 0 unspecified atom stereocenters. The van der Waals surface area contributed by atoms with Crippen LogP contribution in [-0.2, 0) is 0 Å². The van der Waals surface area contributed by atoms with Crippen LogP contribution < -0.4 is 0 Å². The fourth-order valence-corrected chi connectivity index (χ4v) is 1.81. The first-order chi connectivity index (χ1) is 7.16. The van der Waals surface area contributed by atoms with Crippen LogP contribution in [0.4, 0.5) is 0 Å². The molecule has 0 saturated carbocycles. The van der Waals surface area contributed by atoms with E-state index in [1.165, 1.54) is 16.7 Å². The number of benzene rings is 1. The SMILES string of the molecule is Cc1ccc(C)c(-c2cc(=S)cc[nH]2)c1. The number of aromatic nitrogens is 1. The Morgan fingerprint density at radius 3 is 2.60 bits per heavy atom. The van der Waals surface area contributed by atoms with Crippen molar-refractivity contribution in [1.82, 2.24) is 4.98 Å². The highest BCUT2D eigenvalue weighted by Crippen LogP contribution is 2.22. The van der Waals surface area contributed by atoms with Crippen LogP contribution in [0.15, 0.2) is 36.5 Å². The zero-order chi connectivity index (χ0) is 10.8. The van der Waals surface area contributed by atoms with Crippen molar-refractivity contribution in [3.63, 3.8) is 0 Å². The molecule has 0 bridgehead atoms. The highest BCUT2D eigenvalue weighted by atomic mass is 32.1. The summed E-state index contributed by atoms with van der Waals surface area (Å²) in [5.41, 5.74) is 4.83. The van der Waals surface area contributed by atoms with Crippen LogP contribution >= 0.6 is 12.2 Å². The third-order valence-electron chi connectivity index (χ3n) is 2.46. The second-order valence-electron chi connectivity index (χ2n) is 3.76. The molecule has 2 rings (SSSR count). The van der Waals surface area contributed by atoms with Gasteiger partial charge in [-0.25, -0.2) is 0 Å². The first-order valence-corrected chi connectivity index (χ1v) is 5.34. The lowest BCUT2D eigenvalue weighted by molar-refractivity contribution is 1.29. The van der Waals surface area contributed by atoms with Gasteiger partial charge in [-0.1, -0.05) is 29.9 Å². The van der Waals surface area contributed by atoms with Crippen LogP contribution in [0.5, 0.6) is 0 Å². The summed E-state index contributed by atoms with van der Waals surface area (Å²) in [5, 5.41) is 0. The van der Waals surface area contributed by atoms with Gasteiger partial charge in [0.25, 0.3) is 0 Å². The Kier molecular flexibility index (Phi) is 2.69. The van der Waals surface area contributed by atoms with Gasteiger partial charge in [-0.15, -0.1) is 0 Å². The first-order valence-electron chi connectivity index (χ1n) is 4.93. The quantitative estimate of drug-likeness (QED) is 0.710. The van der Waals surface area contributed by atoms with E-state index in [1.807, 2.05) is 18.3 Å². The molecule has 0 spiro atoms. The zero-order valence-corrected chi connectivity index (χ0v) is 9.69. The van der Waals surface area contributed by atoms with Crippen LogP contribution in [0.1, 0.15) is 11.1 Å². The predicted octanol–water partition coefficient (Wildman–Crippen LogP) is 4.03. The highest BCUT2D eigenvalue weighted by Gasteiger charge is 2.01. The predicted molar refractivity (Wildman–Crippen MR) is 66.5 cm³/mol. The highest BCUT2D eigenvalue weighted by molar-refractivity contribution is 7.71. The monoisotopic (exact) mass is 215 g/mol. The molecule has 0 aliphatic carbocycles. The summed E-state index contributed by atoms with van der Waals surface area (Å²) in [5.74, 6) is 0. The number of pyridine rings is 1. The van der Waals surface area contributed by atoms with Crippen molar-refractivity contribution in [2.75, 3.05) is 0 Å². The lowest BCUT2D eigenvalue weighted by Crippen LogP contribution is -1.87. The van der Waals surface area contributed by atoms with Gasteiger partial charge >= 0.3 is 0 Å². The van der Waals surface area contributed by atoms with Gasteiger partial charge in [-0.3, -0.25) is 0 Å². The van der Waals surface area contributed by atoms with Crippen molar-refractivity contribution in [3.05, 3.63) is 52.2 Å². The fourth-order valence-electron chi connectivity index (χ4n) is 1.63. The van der Waals surface area contributed by atoms with Gasteiger partial charge in [0.1, 0.15) is 0 Å². The van der Waals surface area contributed by atoms with E-state index in [4.69, 9.17) is 12.2 Å². The van der Waals surface area contributed by atoms with Gasteiger partial charge in [0, 0.05) is 22.0 Å². The molecular formula is C13H13NS. The van der Waals surface area contributed by atoms with Gasteiger partial charge in [0.15, 0.2) is 0 Å². The summed E-state index contributed by atoms with van der Waals surface area (Å²) < 4.78 is 0.865. The third kappa shape index (κ3) is 2.16. The molecule has 0 aliphatic rings. The Morgan fingerprint density at radius 1 is 1.07 bits per heavy atom. The minimum absolute atomic E-state index is 0.865. The molecule has 15 heavy (non-hydrogen) atoms. The number of hydrogen-bond donors (Lipinski definition) is 1. The molecule has 0 saturated heterocycles. The molecule has 2 aromatic rings. The minimum Gasteiger partial charge on any atom is -0.361 e. The van der Waals surface area contributed by atoms with E-state index in [0.717, 1.165) is 10.2 Å². The summed E-state index contributed by atoms with van der Waals surface area (Å²) in [6, 6.07) is 10.3. The van der Waals surface area contributed by atoms with Crippen molar-refractivity contribution in [3.8, 4) is 11.3 Å². The van der Waals surface area contributed by atoms with Gasteiger partial charge in [0.05, 0.1) is 0 Å². The minimum atomic E-state index is 0.865. The molecule has 0 aliphatic heterocycles. The normalized spacial score (nSPS) is 10.3. The molecule has 76 valence electrons. The van der Waals surface area contributed by atoms with Gasteiger partial charge in [-0.05, 0) is 37.6 Å². The lowest BCUT2D eigenvalue weighted by Gasteiger charge is -2.06. The second kappa shape index (κ2) is 3.99.